The minimum atomic E-state index is 0.691. The number of benzene rings is 1. The van der Waals surface area contributed by atoms with Crippen LogP contribution in [-0.4, -0.2) is 24.1 Å². The van der Waals surface area contributed by atoms with Crippen LogP contribution in [-0.2, 0) is 0 Å². The first kappa shape index (κ1) is 14.1. The van der Waals surface area contributed by atoms with Crippen LogP contribution in [0.5, 0.6) is 5.75 Å². The molecule has 2 rings (SSSR count). The molecule has 1 heterocycles. The molecule has 2 aromatic rings. The predicted molar refractivity (Wildman–Crippen MR) is 83.3 cm³/mol. The predicted octanol–water partition coefficient (Wildman–Crippen LogP) is 3.80. The van der Waals surface area contributed by atoms with Crippen molar-refractivity contribution in [2.45, 2.75) is 0 Å². The van der Waals surface area contributed by atoms with Gasteiger partial charge in [0.05, 0.1) is 11.6 Å². The molecule has 0 aliphatic carbocycles. The monoisotopic (exact) mass is 386 g/mol. The van der Waals surface area contributed by atoms with Crippen LogP contribution in [0.2, 0.25) is 0 Å². The summed E-state index contributed by atoms with van der Waals surface area (Å²) in [6, 6.07) is 5.71. The summed E-state index contributed by atoms with van der Waals surface area (Å²) in [6.07, 6.45) is 1.50. The second-order valence-electron chi connectivity index (χ2n) is 3.61. The number of hydrogen-bond acceptors (Lipinski definition) is 5. The topological polar surface area (TPSA) is 59.1 Å². The molecule has 0 unspecified atom stereocenters. The van der Waals surface area contributed by atoms with E-state index in [9.17, 15) is 0 Å². The van der Waals surface area contributed by atoms with E-state index in [1.54, 1.807) is 14.2 Å². The van der Waals surface area contributed by atoms with Crippen molar-refractivity contribution in [3.8, 4) is 5.75 Å². The molecular weight excluding hydrogens is 376 g/mol. The molecule has 0 spiro atoms. The normalized spacial score (nSPS) is 10.1. The van der Waals surface area contributed by atoms with Gasteiger partial charge in [0.2, 0.25) is 0 Å². The van der Waals surface area contributed by atoms with Crippen molar-refractivity contribution in [2.24, 2.45) is 0 Å². The number of ether oxygens (including phenoxy) is 1. The van der Waals surface area contributed by atoms with Gasteiger partial charge in [0, 0.05) is 12.7 Å². The molecule has 0 aliphatic rings. The van der Waals surface area contributed by atoms with Crippen molar-refractivity contribution in [1.82, 2.24) is 9.97 Å². The van der Waals surface area contributed by atoms with Crippen molar-refractivity contribution in [2.75, 3.05) is 24.8 Å². The minimum absolute atomic E-state index is 0.691. The highest BCUT2D eigenvalue weighted by Gasteiger charge is 2.08. The summed E-state index contributed by atoms with van der Waals surface area (Å²) < 4.78 is 6.85. The number of aromatic nitrogens is 2. The molecule has 0 saturated carbocycles. The third-order valence-electron chi connectivity index (χ3n) is 2.44. The SMILES string of the molecule is CNc1ncnc(Nc2ccc(OC)c(Br)c2)c1Br. The highest BCUT2D eigenvalue weighted by atomic mass is 79.9. The number of rotatable bonds is 4. The van der Waals surface area contributed by atoms with Gasteiger partial charge in [-0.05, 0) is 50.1 Å². The van der Waals surface area contributed by atoms with Crippen LogP contribution in [0.25, 0.3) is 0 Å². The molecular formula is C12H12Br2N4O. The highest BCUT2D eigenvalue weighted by Crippen LogP contribution is 2.32. The second-order valence-corrected chi connectivity index (χ2v) is 5.26. The first-order valence-corrected chi connectivity index (χ1v) is 7.03. The maximum atomic E-state index is 5.19. The van der Waals surface area contributed by atoms with E-state index in [2.05, 4.69) is 52.5 Å². The van der Waals surface area contributed by atoms with Gasteiger partial charge in [-0.3, -0.25) is 0 Å². The van der Waals surface area contributed by atoms with Crippen molar-refractivity contribution in [3.05, 3.63) is 33.5 Å². The average Bonchev–Trinajstić information content (AvgIpc) is 2.41. The third kappa shape index (κ3) is 3.16. The van der Waals surface area contributed by atoms with Crippen molar-refractivity contribution in [1.29, 1.82) is 0 Å². The number of halogens is 2. The standard InChI is InChI=1S/C12H12Br2N4O/c1-15-11-10(14)12(17-6-16-11)18-7-3-4-9(19-2)8(13)5-7/h3-6H,1-2H3,(H2,15,16,17,18). The molecule has 0 amide bonds. The Balaban J connectivity index is 2.29. The zero-order valence-electron chi connectivity index (χ0n) is 10.4. The van der Waals surface area contributed by atoms with Gasteiger partial charge in [-0.1, -0.05) is 0 Å². The molecule has 19 heavy (non-hydrogen) atoms. The lowest BCUT2D eigenvalue weighted by atomic mass is 10.3. The average molecular weight is 388 g/mol. The second kappa shape index (κ2) is 6.21. The van der Waals surface area contributed by atoms with Crippen molar-refractivity contribution >= 4 is 49.2 Å². The van der Waals surface area contributed by atoms with E-state index in [1.807, 2.05) is 18.2 Å². The Morgan fingerprint density at radius 2 is 1.89 bits per heavy atom. The van der Waals surface area contributed by atoms with Gasteiger partial charge in [0.1, 0.15) is 28.2 Å². The third-order valence-corrected chi connectivity index (χ3v) is 3.81. The first-order valence-electron chi connectivity index (χ1n) is 5.44. The van der Waals surface area contributed by atoms with Crippen LogP contribution in [0.3, 0.4) is 0 Å². The molecule has 5 nitrogen and oxygen atoms in total. The van der Waals surface area contributed by atoms with Gasteiger partial charge >= 0.3 is 0 Å². The number of nitrogens with zero attached hydrogens (tertiary/aromatic N) is 2. The Morgan fingerprint density at radius 1 is 1.16 bits per heavy atom. The molecule has 7 heteroatoms. The molecule has 0 saturated heterocycles. The Hall–Kier alpha value is -1.34. The van der Waals surface area contributed by atoms with Gasteiger partial charge in [-0.15, -0.1) is 0 Å². The van der Waals surface area contributed by atoms with Crippen LogP contribution >= 0.6 is 31.9 Å². The first-order chi connectivity index (χ1) is 9.15. The van der Waals surface area contributed by atoms with Gasteiger partial charge < -0.3 is 15.4 Å². The maximum Gasteiger partial charge on any atom is 0.150 e. The molecule has 2 N–H and O–H groups in total. The van der Waals surface area contributed by atoms with Crippen LogP contribution in [0, 0.1) is 0 Å². The van der Waals surface area contributed by atoms with Gasteiger partial charge in [0.25, 0.3) is 0 Å². The zero-order chi connectivity index (χ0) is 13.8. The summed E-state index contributed by atoms with van der Waals surface area (Å²) in [6.45, 7) is 0. The quantitative estimate of drug-likeness (QED) is 0.835. The number of hydrogen-bond donors (Lipinski definition) is 2. The molecule has 1 aromatic heterocycles. The summed E-state index contributed by atoms with van der Waals surface area (Å²) in [5.41, 5.74) is 0.897. The van der Waals surface area contributed by atoms with E-state index in [1.165, 1.54) is 6.33 Å². The Bertz CT molecular complexity index is 592. The lowest BCUT2D eigenvalue weighted by Gasteiger charge is -2.11. The van der Waals surface area contributed by atoms with Gasteiger partial charge in [-0.25, -0.2) is 9.97 Å². The van der Waals surface area contributed by atoms with Crippen LogP contribution in [0.4, 0.5) is 17.3 Å². The van der Waals surface area contributed by atoms with E-state index in [-0.39, 0.29) is 0 Å². The van der Waals surface area contributed by atoms with E-state index in [4.69, 9.17) is 4.74 Å². The molecule has 100 valence electrons. The summed E-state index contributed by atoms with van der Waals surface area (Å²) in [4.78, 5) is 8.30. The molecule has 0 fully saturated rings. The number of nitrogens with one attached hydrogen (secondary N) is 2. The molecule has 0 bridgehead atoms. The Labute approximate surface area is 128 Å². The number of methoxy groups -OCH3 is 1. The van der Waals surface area contributed by atoms with Crippen LogP contribution in [0.15, 0.2) is 33.5 Å². The fourth-order valence-electron chi connectivity index (χ4n) is 1.51. The van der Waals surface area contributed by atoms with Gasteiger partial charge in [0.15, 0.2) is 0 Å². The Morgan fingerprint density at radius 3 is 2.53 bits per heavy atom. The fraction of sp³-hybridized carbons (Fsp3) is 0.167. The molecule has 0 atom stereocenters. The van der Waals surface area contributed by atoms with E-state index < -0.39 is 0 Å². The maximum absolute atomic E-state index is 5.19. The smallest absolute Gasteiger partial charge is 0.150 e. The van der Waals surface area contributed by atoms with Crippen LogP contribution in [0.1, 0.15) is 0 Å². The van der Waals surface area contributed by atoms with E-state index in [0.29, 0.717) is 5.82 Å². The molecule has 0 radical (unpaired) electrons. The fourth-order valence-corrected chi connectivity index (χ4v) is 2.55. The summed E-state index contributed by atoms with van der Waals surface area (Å²) in [5, 5.41) is 6.20. The minimum Gasteiger partial charge on any atom is -0.496 e. The van der Waals surface area contributed by atoms with Gasteiger partial charge in [-0.2, -0.15) is 0 Å². The van der Waals surface area contributed by atoms with E-state index in [0.717, 1.165) is 26.2 Å². The summed E-state index contributed by atoms with van der Waals surface area (Å²) >= 11 is 6.90. The lowest BCUT2D eigenvalue weighted by Crippen LogP contribution is -2.00. The highest BCUT2D eigenvalue weighted by molar-refractivity contribution is 9.11. The summed E-state index contributed by atoms with van der Waals surface area (Å²) in [7, 11) is 3.44. The Kier molecular flexibility index (Phi) is 4.60. The summed E-state index contributed by atoms with van der Waals surface area (Å²) in [5.74, 6) is 2.20. The van der Waals surface area contributed by atoms with Crippen molar-refractivity contribution < 1.29 is 4.74 Å². The number of anilines is 3. The molecule has 1 aromatic carbocycles. The lowest BCUT2D eigenvalue weighted by molar-refractivity contribution is 0.412. The van der Waals surface area contributed by atoms with Crippen molar-refractivity contribution in [3.63, 3.8) is 0 Å². The largest absolute Gasteiger partial charge is 0.496 e. The zero-order valence-corrected chi connectivity index (χ0v) is 13.5. The molecule has 0 aliphatic heterocycles. The van der Waals surface area contributed by atoms with Crippen LogP contribution < -0.4 is 15.4 Å². The van der Waals surface area contributed by atoms with E-state index >= 15 is 0 Å².